The van der Waals surface area contributed by atoms with Crippen molar-refractivity contribution in [2.45, 2.75) is 26.0 Å². The van der Waals surface area contributed by atoms with Crippen molar-refractivity contribution in [1.29, 1.82) is 0 Å². The normalized spacial score (nSPS) is 30.0. The van der Waals surface area contributed by atoms with Gasteiger partial charge < -0.3 is 10.5 Å². The van der Waals surface area contributed by atoms with Gasteiger partial charge in [-0.2, -0.15) is 0 Å². The third-order valence-corrected chi connectivity index (χ3v) is 0.437. The zero-order valence-electron chi connectivity index (χ0n) is 13.6. The van der Waals surface area contributed by atoms with Gasteiger partial charge in [-0.25, -0.2) is 4.79 Å². The van der Waals surface area contributed by atoms with Gasteiger partial charge in [0.25, 0.3) is 0 Å². The number of nitrogens with two attached hydrogens (primary N) is 1. The van der Waals surface area contributed by atoms with Crippen LogP contribution in [0.2, 0.25) is 0 Å². The number of hydrogen-bond donors (Lipinski definition) is 1. The predicted molar refractivity (Wildman–Crippen MR) is 35.1 cm³/mol. The van der Waals surface area contributed by atoms with Crippen molar-refractivity contribution in [2.75, 3.05) is 6.61 Å². The molecule has 3 nitrogen and oxygen atoms in total. The molecule has 0 saturated carbocycles. The third-order valence-electron chi connectivity index (χ3n) is 0.437. The smallest absolute Gasteiger partial charge is 0.404 e. The van der Waals surface area contributed by atoms with Gasteiger partial charge in [0.2, 0.25) is 0 Å². The summed E-state index contributed by atoms with van der Waals surface area (Å²) in [6.07, 6.45) is -11.3. The molecule has 0 saturated heterocycles. The Labute approximate surface area is 67.8 Å². The van der Waals surface area contributed by atoms with E-state index in [1.807, 2.05) is 0 Å². The summed E-state index contributed by atoms with van der Waals surface area (Å²) in [7, 11) is 0. The standard InChI is InChI=1S/C6H13NO2/c1-2-3-4-5-9-6(7)8/h2-5H2,1H3,(H2,7,8)/i1D3,2D2,3D2,4D2. The molecule has 0 atom stereocenters. The van der Waals surface area contributed by atoms with Crippen molar-refractivity contribution in [3.8, 4) is 0 Å². The Bertz CT molecular complexity index is 324. The number of carbonyl (C=O) groups is 1. The molecule has 2 N–H and O–H groups in total. The van der Waals surface area contributed by atoms with Crippen LogP contribution in [0.4, 0.5) is 4.79 Å². The van der Waals surface area contributed by atoms with E-state index in [4.69, 9.17) is 12.3 Å². The second-order valence-electron chi connectivity index (χ2n) is 1.03. The maximum absolute atomic E-state index is 10.3. The largest absolute Gasteiger partial charge is 0.450 e. The van der Waals surface area contributed by atoms with Gasteiger partial charge in [-0.3, -0.25) is 0 Å². The number of ether oxygens (including phenoxy) is 1. The van der Waals surface area contributed by atoms with E-state index in [9.17, 15) is 4.79 Å². The quantitative estimate of drug-likeness (QED) is 0.639. The van der Waals surface area contributed by atoms with Crippen molar-refractivity contribution in [3.63, 3.8) is 0 Å². The molecule has 1 amide bonds. The Balaban J connectivity index is 5.29. The van der Waals surface area contributed by atoms with E-state index in [0.717, 1.165) is 0 Å². The van der Waals surface area contributed by atoms with Crippen LogP contribution in [0.5, 0.6) is 0 Å². The first-order valence-corrected chi connectivity index (χ1v) is 2.09. The summed E-state index contributed by atoms with van der Waals surface area (Å²) >= 11 is 0. The summed E-state index contributed by atoms with van der Waals surface area (Å²) in [6.45, 7) is -4.57. The second kappa shape index (κ2) is 5.41. The molecule has 0 bridgehead atoms. The van der Waals surface area contributed by atoms with Gasteiger partial charge in [0.1, 0.15) is 0 Å². The van der Waals surface area contributed by atoms with Crippen LogP contribution in [0.25, 0.3) is 0 Å². The van der Waals surface area contributed by atoms with Crippen LogP contribution in [0.15, 0.2) is 0 Å². The molecule has 0 heterocycles. The maximum Gasteiger partial charge on any atom is 0.404 e. The highest BCUT2D eigenvalue weighted by atomic mass is 16.5. The molecule has 0 aliphatic rings. The molecule has 0 rings (SSSR count). The summed E-state index contributed by atoms with van der Waals surface area (Å²) in [4.78, 5) is 10.3. The molecule has 0 aromatic rings. The molecule has 0 aliphatic heterocycles. The van der Waals surface area contributed by atoms with Gasteiger partial charge in [-0.1, -0.05) is 19.6 Å². The Hall–Kier alpha value is -0.730. The van der Waals surface area contributed by atoms with E-state index >= 15 is 0 Å². The van der Waals surface area contributed by atoms with Crippen molar-refractivity contribution in [1.82, 2.24) is 0 Å². The Morgan fingerprint density at radius 1 is 1.89 bits per heavy atom. The number of hydrogen-bond acceptors (Lipinski definition) is 2. The predicted octanol–water partition coefficient (Wildman–Crippen LogP) is 1.27. The summed E-state index contributed by atoms with van der Waals surface area (Å²) in [5.74, 6) is 0. The van der Waals surface area contributed by atoms with Crippen LogP contribution in [-0.4, -0.2) is 12.7 Å². The first kappa shape index (κ1) is 1.65. The van der Waals surface area contributed by atoms with E-state index in [-0.39, 0.29) is 0 Å². The lowest BCUT2D eigenvalue weighted by molar-refractivity contribution is 0.154. The number of amides is 1. The van der Waals surface area contributed by atoms with Crippen molar-refractivity contribution in [3.05, 3.63) is 0 Å². The van der Waals surface area contributed by atoms with Crippen LogP contribution in [0, 0.1) is 0 Å². The molecule has 0 aromatic heterocycles. The zero-order valence-corrected chi connectivity index (χ0v) is 4.60. The fourth-order valence-electron chi connectivity index (χ4n) is 0.187. The van der Waals surface area contributed by atoms with Gasteiger partial charge >= 0.3 is 6.09 Å². The summed E-state index contributed by atoms with van der Waals surface area (Å²) in [5.41, 5.74) is 4.58. The topological polar surface area (TPSA) is 52.3 Å². The lowest BCUT2D eigenvalue weighted by Gasteiger charge is -1.97. The van der Waals surface area contributed by atoms with Gasteiger partial charge in [-0.05, 0) is 6.37 Å². The first-order chi connectivity index (χ1) is 7.67. The van der Waals surface area contributed by atoms with Crippen LogP contribution in [0.3, 0.4) is 0 Å². The van der Waals surface area contributed by atoms with Gasteiger partial charge in [0, 0.05) is 12.3 Å². The van der Waals surface area contributed by atoms with E-state index in [1.165, 1.54) is 0 Å². The van der Waals surface area contributed by atoms with Crippen LogP contribution in [0.1, 0.15) is 38.3 Å². The Kier molecular flexibility index (Phi) is 0.992. The lowest BCUT2D eigenvalue weighted by atomic mass is 10.3. The van der Waals surface area contributed by atoms with Gasteiger partial charge in [0.15, 0.2) is 0 Å². The Morgan fingerprint density at radius 2 is 2.67 bits per heavy atom. The van der Waals surface area contributed by atoms with Crippen LogP contribution in [-0.2, 0) is 4.74 Å². The molecule has 54 valence electrons. The number of rotatable bonds is 4. The van der Waals surface area contributed by atoms with Crippen LogP contribution >= 0.6 is 0 Å². The van der Waals surface area contributed by atoms with E-state index < -0.39 is 38.7 Å². The molecule has 0 fully saturated rings. The summed E-state index contributed by atoms with van der Waals surface area (Å²) in [5, 5.41) is 0. The zero-order chi connectivity index (χ0) is 15.0. The minimum Gasteiger partial charge on any atom is -0.450 e. The minimum atomic E-state index is -3.47. The third kappa shape index (κ3) is 7.27. The summed E-state index contributed by atoms with van der Waals surface area (Å²) < 4.78 is 68.6. The molecular formula is C6H13NO2. The van der Waals surface area contributed by atoms with E-state index in [2.05, 4.69) is 10.5 Å². The molecule has 0 unspecified atom stereocenters. The fourth-order valence-corrected chi connectivity index (χ4v) is 0.187. The van der Waals surface area contributed by atoms with Crippen molar-refractivity contribution in [2.24, 2.45) is 5.73 Å². The van der Waals surface area contributed by atoms with Gasteiger partial charge in [-0.15, -0.1) is 0 Å². The lowest BCUT2D eigenvalue weighted by Crippen LogP contribution is -2.13. The fraction of sp³-hybridized carbons (Fsp3) is 0.833. The van der Waals surface area contributed by atoms with Crippen LogP contribution < -0.4 is 5.73 Å². The molecule has 0 aromatic carbocycles. The average molecular weight is 140 g/mol. The first-order valence-electron chi connectivity index (χ1n) is 6.59. The molecule has 3 heteroatoms. The molecule has 0 aliphatic carbocycles. The molecule has 9 heavy (non-hydrogen) atoms. The molecule has 0 spiro atoms. The highest BCUT2D eigenvalue weighted by molar-refractivity contribution is 5.64. The monoisotopic (exact) mass is 140 g/mol. The van der Waals surface area contributed by atoms with Gasteiger partial charge in [0.05, 0.1) is 6.61 Å². The average Bonchev–Trinajstić information content (AvgIpc) is 2.12. The van der Waals surface area contributed by atoms with E-state index in [0.29, 0.717) is 0 Å². The SMILES string of the molecule is [2H]C([2H])([2H])C([2H])([2H])C([2H])([2H])C([2H])([2H])COC(N)=O. The minimum absolute atomic E-state index is 1.19. The second-order valence-corrected chi connectivity index (χ2v) is 1.03. The maximum atomic E-state index is 10.3. The molecular weight excluding hydrogens is 118 g/mol. The number of primary amides is 1. The summed E-state index contributed by atoms with van der Waals surface area (Å²) in [6, 6.07) is 0. The van der Waals surface area contributed by atoms with E-state index in [1.54, 1.807) is 0 Å². The molecule has 0 radical (unpaired) electrons. The van der Waals surface area contributed by atoms with Crippen molar-refractivity contribution >= 4 is 6.09 Å². The highest BCUT2D eigenvalue weighted by Gasteiger charge is 1.90. The highest BCUT2D eigenvalue weighted by Crippen LogP contribution is 1.93. The van der Waals surface area contributed by atoms with Crippen molar-refractivity contribution < 1.29 is 21.9 Å². The Morgan fingerprint density at radius 3 is 3.22 bits per heavy atom. The number of carbonyl (C=O) groups excluding carboxylic acids is 1.